The summed E-state index contributed by atoms with van der Waals surface area (Å²) in [5.41, 5.74) is 0. The molecule has 1 aliphatic carbocycles. The molecule has 3 heteroatoms. The zero-order valence-corrected chi connectivity index (χ0v) is 7.36. The van der Waals surface area contributed by atoms with Crippen LogP contribution in [0.3, 0.4) is 0 Å². The predicted molar refractivity (Wildman–Crippen MR) is 44.9 cm³/mol. The first-order chi connectivity index (χ1) is 5.70. The largest absolute Gasteiger partial charge is 0.481 e. The molecule has 0 aromatic carbocycles. The van der Waals surface area contributed by atoms with Gasteiger partial charge >= 0.3 is 5.97 Å². The average molecular weight is 169 g/mol. The lowest BCUT2D eigenvalue weighted by Gasteiger charge is -2.22. The normalized spacial score (nSPS) is 37.1. The van der Waals surface area contributed by atoms with E-state index in [-0.39, 0.29) is 12.0 Å². The van der Waals surface area contributed by atoms with Crippen LogP contribution in [0.15, 0.2) is 0 Å². The molecule has 0 spiro atoms. The van der Waals surface area contributed by atoms with E-state index in [4.69, 9.17) is 5.11 Å². The van der Waals surface area contributed by atoms with E-state index >= 15 is 0 Å². The molecule has 0 aromatic heterocycles. The number of likely N-dealkylation sites (tertiary alicyclic amines) is 1. The molecule has 0 amide bonds. The van der Waals surface area contributed by atoms with Gasteiger partial charge in [0, 0.05) is 12.1 Å². The fraction of sp³-hybridized carbons (Fsp3) is 0.889. The molecule has 2 fully saturated rings. The molecule has 1 saturated heterocycles. The number of nitrogens with zero attached hydrogens (tertiary/aromatic N) is 1. The zero-order valence-electron chi connectivity index (χ0n) is 7.36. The van der Waals surface area contributed by atoms with E-state index < -0.39 is 5.97 Å². The number of carboxylic acids is 1. The van der Waals surface area contributed by atoms with Crippen molar-refractivity contribution in [2.75, 3.05) is 6.54 Å². The van der Waals surface area contributed by atoms with Crippen LogP contribution in [-0.2, 0) is 4.79 Å². The molecule has 2 rings (SSSR count). The van der Waals surface area contributed by atoms with Crippen molar-refractivity contribution in [3.05, 3.63) is 0 Å². The summed E-state index contributed by atoms with van der Waals surface area (Å²) in [7, 11) is 0. The Hall–Kier alpha value is -0.570. The van der Waals surface area contributed by atoms with Gasteiger partial charge in [-0.25, -0.2) is 0 Å². The molecular formula is C9H15NO2. The van der Waals surface area contributed by atoms with Crippen molar-refractivity contribution in [2.45, 2.75) is 38.3 Å². The average Bonchev–Trinajstić information content (AvgIpc) is 2.75. The van der Waals surface area contributed by atoms with E-state index in [9.17, 15) is 4.79 Å². The van der Waals surface area contributed by atoms with E-state index in [0.717, 1.165) is 13.0 Å². The first-order valence-corrected chi connectivity index (χ1v) is 4.68. The van der Waals surface area contributed by atoms with Crippen LogP contribution in [0.2, 0.25) is 0 Å². The number of aliphatic carboxylic acids is 1. The highest BCUT2D eigenvalue weighted by molar-refractivity contribution is 5.71. The molecule has 1 heterocycles. The topological polar surface area (TPSA) is 40.5 Å². The third-order valence-electron chi connectivity index (χ3n) is 3.14. The van der Waals surface area contributed by atoms with Crippen LogP contribution < -0.4 is 0 Å². The van der Waals surface area contributed by atoms with Gasteiger partial charge in [-0.05, 0) is 32.7 Å². The fourth-order valence-electron chi connectivity index (χ4n) is 2.22. The highest BCUT2D eigenvalue weighted by Gasteiger charge is 2.42. The Labute approximate surface area is 72.4 Å². The summed E-state index contributed by atoms with van der Waals surface area (Å²) in [5, 5.41) is 8.88. The van der Waals surface area contributed by atoms with Gasteiger partial charge in [-0.2, -0.15) is 0 Å². The van der Waals surface area contributed by atoms with Gasteiger partial charge in [0.25, 0.3) is 0 Å². The third-order valence-corrected chi connectivity index (χ3v) is 3.14. The monoisotopic (exact) mass is 169 g/mol. The standard InChI is InChI=1S/C9H15NO2/c1-6-8(9(11)12)4-5-10(6)7-2-3-7/h6-8H,2-5H2,1H3,(H,11,12). The molecule has 1 saturated carbocycles. The summed E-state index contributed by atoms with van der Waals surface area (Å²) in [6.07, 6.45) is 3.39. The number of hydrogen-bond donors (Lipinski definition) is 1. The van der Waals surface area contributed by atoms with Crippen LogP contribution in [-0.4, -0.2) is 34.6 Å². The molecule has 2 atom stereocenters. The molecular weight excluding hydrogens is 154 g/mol. The Morgan fingerprint density at radius 1 is 1.42 bits per heavy atom. The summed E-state index contributed by atoms with van der Waals surface area (Å²) in [6, 6.07) is 0.972. The molecule has 0 radical (unpaired) electrons. The predicted octanol–water partition coefficient (Wildman–Crippen LogP) is 0.944. The molecule has 2 unspecified atom stereocenters. The van der Waals surface area contributed by atoms with E-state index in [0.29, 0.717) is 6.04 Å². The van der Waals surface area contributed by atoms with Gasteiger partial charge in [-0.1, -0.05) is 0 Å². The van der Waals surface area contributed by atoms with Crippen LogP contribution in [0.1, 0.15) is 26.2 Å². The van der Waals surface area contributed by atoms with Crippen molar-refractivity contribution in [1.29, 1.82) is 0 Å². The van der Waals surface area contributed by atoms with Crippen molar-refractivity contribution < 1.29 is 9.90 Å². The van der Waals surface area contributed by atoms with Crippen molar-refractivity contribution in [2.24, 2.45) is 5.92 Å². The second kappa shape index (κ2) is 2.73. The second-order valence-electron chi connectivity index (χ2n) is 3.94. The Balaban J connectivity index is 2.00. The van der Waals surface area contributed by atoms with Crippen LogP contribution in [0.5, 0.6) is 0 Å². The molecule has 0 bridgehead atoms. The smallest absolute Gasteiger partial charge is 0.308 e. The zero-order chi connectivity index (χ0) is 8.72. The molecule has 0 aromatic rings. The summed E-state index contributed by atoms with van der Waals surface area (Å²) in [5.74, 6) is -0.740. The molecule has 2 aliphatic rings. The van der Waals surface area contributed by atoms with Crippen LogP contribution in [0.25, 0.3) is 0 Å². The first-order valence-electron chi connectivity index (χ1n) is 4.68. The minimum absolute atomic E-state index is 0.120. The fourth-order valence-corrected chi connectivity index (χ4v) is 2.22. The number of hydrogen-bond acceptors (Lipinski definition) is 2. The summed E-state index contributed by atoms with van der Waals surface area (Å²) in [6.45, 7) is 3.03. The van der Waals surface area contributed by atoms with Crippen LogP contribution in [0.4, 0.5) is 0 Å². The molecule has 1 aliphatic heterocycles. The van der Waals surface area contributed by atoms with E-state index in [1.165, 1.54) is 12.8 Å². The second-order valence-corrected chi connectivity index (χ2v) is 3.94. The lowest BCUT2D eigenvalue weighted by Crippen LogP contribution is -2.34. The maximum atomic E-state index is 10.8. The SMILES string of the molecule is CC1C(C(=O)O)CCN1C1CC1. The van der Waals surface area contributed by atoms with Gasteiger partial charge in [0.1, 0.15) is 0 Å². The Kier molecular flexibility index (Phi) is 1.83. The molecule has 12 heavy (non-hydrogen) atoms. The van der Waals surface area contributed by atoms with Crippen molar-refractivity contribution in [3.8, 4) is 0 Å². The van der Waals surface area contributed by atoms with Gasteiger partial charge in [0.15, 0.2) is 0 Å². The van der Waals surface area contributed by atoms with Crippen molar-refractivity contribution >= 4 is 5.97 Å². The highest BCUT2D eigenvalue weighted by Crippen LogP contribution is 2.35. The summed E-state index contributed by atoms with van der Waals surface area (Å²) >= 11 is 0. The maximum absolute atomic E-state index is 10.8. The minimum Gasteiger partial charge on any atom is -0.481 e. The minimum atomic E-state index is -0.620. The van der Waals surface area contributed by atoms with E-state index in [1.54, 1.807) is 0 Å². The number of carboxylic acid groups (broad SMARTS) is 1. The van der Waals surface area contributed by atoms with Gasteiger partial charge in [-0.15, -0.1) is 0 Å². The highest BCUT2D eigenvalue weighted by atomic mass is 16.4. The lowest BCUT2D eigenvalue weighted by atomic mass is 10.0. The van der Waals surface area contributed by atoms with Gasteiger partial charge in [0.2, 0.25) is 0 Å². The lowest BCUT2D eigenvalue weighted by molar-refractivity contribution is -0.142. The van der Waals surface area contributed by atoms with Gasteiger partial charge in [0.05, 0.1) is 5.92 Å². The molecule has 68 valence electrons. The maximum Gasteiger partial charge on any atom is 0.308 e. The van der Waals surface area contributed by atoms with Crippen LogP contribution >= 0.6 is 0 Å². The number of rotatable bonds is 2. The Bertz CT molecular complexity index is 201. The molecule has 3 nitrogen and oxygen atoms in total. The number of carbonyl (C=O) groups is 1. The Morgan fingerprint density at radius 2 is 2.08 bits per heavy atom. The summed E-state index contributed by atoms with van der Waals surface area (Å²) < 4.78 is 0. The van der Waals surface area contributed by atoms with Crippen LogP contribution in [0, 0.1) is 5.92 Å². The van der Waals surface area contributed by atoms with Gasteiger partial charge < -0.3 is 5.11 Å². The van der Waals surface area contributed by atoms with E-state index in [2.05, 4.69) is 4.90 Å². The quantitative estimate of drug-likeness (QED) is 0.669. The Morgan fingerprint density at radius 3 is 2.50 bits per heavy atom. The van der Waals surface area contributed by atoms with Crippen molar-refractivity contribution in [3.63, 3.8) is 0 Å². The van der Waals surface area contributed by atoms with E-state index in [1.807, 2.05) is 6.92 Å². The summed E-state index contributed by atoms with van der Waals surface area (Å²) in [4.78, 5) is 13.1. The van der Waals surface area contributed by atoms with Gasteiger partial charge in [-0.3, -0.25) is 9.69 Å². The third kappa shape index (κ3) is 1.22. The van der Waals surface area contributed by atoms with Crippen molar-refractivity contribution in [1.82, 2.24) is 4.90 Å². The first kappa shape index (κ1) is 8.05. The molecule has 1 N–H and O–H groups in total.